The first-order chi connectivity index (χ1) is 11.1. The van der Waals surface area contributed by atoms with Crippen molar-refractivity contribution >= 4 is 23.5 Å². The minimum Gasteiger partial charge on any atom is -0.310 e. The first-order valence-electron chi connectivity index (χ1n) is 7.90. The number of nitrogens with one attached hydrogen (secondary N) is 1. The summed E-state index contributed by atoms with van der Waals surface area (Å²) in [5, 5.41) is 7.96. The van der Waals surface area contributed by atoms with Crippen LogP contribution in [0.4, 0.5) is 5.82 Å². The molecule has 7 heteroatoms. The fraction of sp³-hybridized carbons (Fsp3) is 0.500. The van der Waals surface area contributed by atoms with Gasteiger partial charge in [0.2, 0.25) is 5.91 Å². The van der Waals surface area contributed by atoms with Crippen LogP contribution in [0.5, 0.6) is 0 Å². The molecule has 3 rings (SSSR count). The summed E-state index contributed by atoms with van der Waals surface area (Å²) >= 11 is 1.35. The molecule has 1 amide bonds. The average molecular weight is 331 g/mol. The van der Waals surface area contributed by atoms with E-state index in [0.29, 0.717) is 17.0 Å². The predicted molar refractivity (Wildman–Crippen MR) is 90.6 cm³/mol. The zero-order valence-corrected chi connectivity index (χ0v) is 14.3. The molecule has 2 heterocycles. The van der Waals surface area contributed by atoms with E-state index in [1.54, 1.807) is 6.20 Å². The maximum absolute atomic E-state index is 12.2. The van der Waals surface area contributed by atoms with Gasteiger partial charge in [-0.25, -0.2) is 14.6 Å². The van der Waals surface area contributed by atoms with Gasteiger partial charge in [-0.05, 0) is 32.8 Å². The van der Waals surface area contributed by atoms with E-state index in [9.17, 15) is 4.79 Å². The van der Waals surface area contributed by atoms with E-state index in [4.69, 9.17) is 0 Å². The Kier molecular flexibility index (Phi) is 4.95. The number of aromatic nitrogens is 4. The third kappa shape index (κ3) is 4.10. The van der Waals surface area contributed by atoms with Crippen LogP contribution in [-0.2, 0) is 4.79 Å². The lowest BCUT2D eigenvalue weighted by atomic mass is 10.2. The fourth-order valence-electron chi connectivity index (χ4n) is 2.92. The van der Waals surface area contributed by atoms with Crippen LogP contribution in [0, 0.1) is 13.8 Å². The van der Waals surface area contributed by atoms with Crippen molar-refractivity contribution in [1.29, 1.82) is 0 Å². The van der Waals surface area contributed by atoms with Crippen molar-refractivity contribution in [2.45, 2.75) is 50.7 Å². The second-order valence-electron chi connectivity index (χ2n) is 5.87. The summed E-state index contributed by atoms with van der Waals surface area (Å²) in [5.41, 5.74) is 1.83. The van der Waals surface area contributed by atoms with Gasteiger partial charge in [0.1, 0.15) is 5.82 Å². The van der Waals surface area contributed by atoms with Crippen molar-refractivity contribution < 1.29 is 4.79 Å². The maximum atomic E-state index is 12.2. The summed E-state index contributed by atoms with van der Waals surface area (Å²) in [6, 6.07) is 4.19. The number of aryl methyl sites for hydroxylation is 2. The SMILES string of the molecule is Cc1cc(C)nc(SCC(=O)Nc2ccnn2C2CCCC2)n1. The van der Waals surface area contributed by atoms with Crippen molar-refractivity contribution in [2.24, 2.45) is 0 Å². The Hall–Kier alpha value is -1.89. The van der Waals surface area contributed by atoms with Crippen LogP contribution in [0.3, 0.4) is 0 Å². The molecule has 6 nitrogen and oxygen atoms in total. The molecule has 2 aromatic heterocycles. The van der Waals surface area contributed by atoms with Crippen molar-refractivity contribution in [3.05, 3.63) is 29.7 Å². The van der Waals surface area contributed by atoms with Gasteiger partial charge in [-0.15, -0.1) is 0 Å². The van der Waals surface area contributed by atoms with Crippen LogP contribution in [-0.4, -0.2) is 31.4 Å². The monoisotopic (exact) mass is 331 g/mol. The summed E-state index contributed by atoms with van der Waals surface area (Å²) in [6.07, 6.45) is 6.48. The highest BCUT2D eigenvalue weighted by molar-refractivity contribution is 7.99. The van der Waals surface area contributed by atoms with Gasteiger partial charge in [-0.1, -0.05) is 24.6 Å². The largest absolute Gasteiger partial charge is 0.310 e. The Bertz CT molecular complexity index is 673. The Morgan fingerprint density at radius 2 is 2.00 bits per heavy atom. The fourth-order valence-corrected chi connectivity index (χ4v) is 3.67. The number of carbonyl (C=O) groups excluding carboxylic acids is 1. The van der Waals surface area contributed by atoms with Crippen LogP contribution in [0.2, 0.25) is 0 Å². The van der Waals surface area contributed by atoms with Crippen molar-refractivity contribution in [3.63, 3.8) is 0 Å². The molecule has 0 aliphatic heterocycles. The van der Waals surface area contributed by atoms with Gasteiger partial charge in [0.25, 0.3) is 0 Å². The zero-order valence-electron chi connectivity index (χ0n) is 13.5. The number of thioether (sulfide) groups is 1. The topological polar surface area (TPSA) is 72.7 Å². The average Bonchev–Trinajstić information content (AvgIpc) is 3.14. The second kappa shape index (κ2) is 7.12. The summed E-state index contributed by atoms with van der Waals surface area (Å²) < 4.78 is 1.95. The summed E-state index contributed by atoms with van der Waals surface area (Å²) in [5.74, 6) is 1.01. The second-order valence-corrected chi connectivity index (χ2v) is 6.81. The molecule has 1 N–H and O–H groups in total. The lowest BCUT2D eigenvalue weighted by molar-refractivity contribution is -0.113. The van der Waals surface area contributed by atoms with Gasteiger partial charge in [-0.2, -0.15) is 5.10 Å². The maximum Gasteiger partial charge on any atom is 0.235 e. The van der Waals surface area contributed by atoms with E-state index >= 15 is 0 Å². The van der Waals surface area contributed by atoms with E-state index in [1.165, 1.54) is 24.6 Å². The van der Waals surface area contributed by atoms with E-state index in [-0.39, 0.29) is 5.91 Å². The molecular formula is C16H21N5OS. The van der Waals surface area contributed by atoms with Gasteiger partial charge >= 0.3 is 0 Å². The van der Waals surface area contributed by atoms with E-state index in [0.717, 1.165) is 30.0 Å². The molecule has 0 spiro atoms. The normalized spacial score (nSPS) is 15.0. The van der Waals surface area contributed by atoms with Crippen molar-refractivity contribution in [3.8, 4) is 0 Å². The molecule has 1 saturated carbocycles. The summed E-state index contributed by atoms with van der Waals surface area (Å²) in [7, 11) is 0. The van der Waals surface area contributed by atoms with E-state index in [2.05, 4.69) is 20.4 Å². The minimum absolute atomic E-state index is 0.0579. The molecule has 0 saturated heterocycles. The molecular weight excluding hydrogens is 310 g/mol. The number of nitrogens with zero attached hydrogens (tertiary/aromatic N) is 4. The van der Waals surface area contributed by atoms with Crippen molar-refractivity contribution in [1.82, 2.24) is 19.7 Å². The molecule has 1 fully saturated rings. The van der Waals surface area contributed by atoms with Crippen LogP contribution in [0.25, 0.3) is 0 Å². The third-order valence-electron chi connectivity index (χ3n) is 3.90. The highest BCUT2D eigenvalue weighted by Crippen LogP contribution is 2.31. The number of anilines is 1. The summed E-state index contributed by atoms with van der Waals surface area (Å²) in [6.45, 7) is 3.86. The molecule has 0 bridgehead atoms. The standard InChI is InChI=1S/C16H21N5OS/c1-11-9-12(2)19-16(18-11)23-10-15(22)20-14-7-8-17-21(14)13-5-3-4-6-13/h7-9,13H,3-6,10H2,1-2H3,(H,20,22). The molecule has 0 radical (unpaired) electrons. The third-order valence-corrected chi connectivity index (χ3v) is 4.75. The van der Waals surface area contributed by atoms with Gasteiger partial charge < -0.3 is 5.32 Å². The Balaban J connectivity index is 1.58. The lowest BCUT2D eigenvalue weighted by Gasteiger charge is -2.14. The Morgan fingerprint density at radius 3 is 2.70 bits per heavy atom. The smallest absolute Gasteiger partial charge is 0.235 e. The van der Waals surface area contributed by atoms with Crippen LogP contribution in [0.1, 0.15) is 43.1 Å². The molecule has 0 aromatic carbocycles. The first kappa shape index (κ1) is 16.0. The van der Waals surface area contributed by atoms with Gasteiger partial charge in [-0.3, -0.25) is 4.79 Å². The van der Waals surface area contributed by atoms with Crippen molar-refractivity contribution in [2.75, 3.05) is 11.1 Å². The highest BCUT2D eigenvalue weighted by Gasteiger charge is 2.20. The molecule has 23 heavy (non-hydrogen) atoms. The number of amides is 1. The molecule has 122 valence electrons. The predicted octanol–water partition coefficient (Wildman–Crippen LogP) is 3.14. The molecule has 0 unspecified atom stereocenters. The van der Waals surface area contributed by atoms with E-state index in [1.807, 2.05) is 30.7 Å². The first-order valence-corrected chi connectivity index (χ1v) is 8.89. The lowest BCUT2D eigenvalue weighted by Crippen LogP contribution is -2.19. The van der Waals surface area contributed by atoms with Crippen LogP contribution < -0.4 is 5.32 Å². The Morgan fingerprint density at radius 1 is 1.30 bits per heavy atom. The number of hydrogen-bond acceptors (Lipinski definition) is 5. The number of carbonyl (C=O) groups is 1. The van der Waals surface area contributed by atoms with Crippen LogP contribution >= 0.6 is 11.8 Å². The quantitative estimate of drug-likeness (QED) is 0.673. The van der Waals surface area contributed by atoms with Gasteiger partial charge in [0.15, 0.2) is 5.16 Å². The number of rotatable bonds is 5. The molecule has 0 atom stereocenters. The minimum atomic E-state index is -0.0579. The Labute approximate surface area is 140 Å². The molecule has 2 aromatic rings. The van der Waals surface area contributed by atoms with E-state index < -0.39 is 0 Å². The molecule has 1 aliphatic rings. The highest BCUT2D eigenvalue weighted by atomic mass is 32.2. The summed E-state index contributed by atoms with van der Waals surface area (Å²) in [4.78, 5) is 20.9. The van der Waals surface area contributed by atoms with Gasteiger partial charge in [0.05, 0.1) is 18.0 Å². The molecule has 1 aliphatic carbocycles. The number of hydrogen-bond donors (Lipinski definition) is 1. The zero-order chi connectivity index (χ0) is 16.2. The van der Waals surface area contributed by atoms with Gasteiger partial charge in [0, 0.05) is 17.5 Å². The van der Waals surface area contributed by atoms with Crippen LogP contribution in [0.15, 0.2) is 23.5 Å².